The molecule has 0 saturated carbocycles. The number of carbonyl (C=O) groups is 1. The van der Waals surface area contributed by atoms with Crippen LogP contribution in [-0.4, -0.2) is 46.2 Å². The number of carboxylic acids is 1. The SMILES string of the molecule is CCCCCC(O)/C=C/C(OCC)C(O)CCCCCCCC(=O)O. The molecule has 148 valence electrons. The molecule has 0 aliphatic heterocycles. The van der Waals surface area contributed by atoms with Crippen LogP contribution in [0, 0.1) is 0 Å². The zero-order chi connectivity index (χ0) is 18.9. The first kappa shape index (κ1) is 24.1. The molecule has 0 aliphatic rings. The monoisotopic (exact) mass is 358 g/mol. The summed E-state index contributed by atoms with van der Waals surface area (Å²) in [6.07, 6.45) is 11.5. The molecule has 0 fully saturated rings. The van der Waals surface area contributed by atoms with Gasteiger partial charge in [0.2, 0.25) is 0 Å². The third-order valence-electron chi connectivity index (χ3n) is 4.26. The van der Waals surface area contributed by atoms with E-state index >= 15 is 0 Å². The van der Waals surface area contributed by atoms with Crippen molar-refractivity contribution in [2.75, 3.05) is 6.61 Å². The summed E-state index contributed by atoms with van der Waals surface area (Å²) in [6.45, 7) is 4.55. The lowest BCUT2D eigenvalue weighted by Gasteiger charge is -2.20. The fourth-order valence-electron chi connectivity index (χ4n) is 2.75. The van der Waals surface area contributed by atoms with E-state index in [9.17, 15) is 15.0 Å². The number of aliphatic carboxylic acids is 1. The molecule has 0 aromatic carbocycles. The van der Waals surface area contributed by atoms with Crippen LogP contribution < -0.4 is 0 Å². The minimum absolute atomic E-state index is 0.237. The zero-order valence-electron chi connectivity index (χ0n) is 16.0. The number of ether oxygens (including phenoxy) is 1. The Hall–Kier alpha value is -0.910. The molecular weight excluding hydrogens is 320 g/mol. The molecule has 0 aromatic heterocycles. The highest BCUT2D eigenvalue weighted by molar-refractivity contribution is 5.66. The van der Waals surface area contributed by atoms with Crippen molar-refractivity contribution in [3.05, 3.63) is 12.2 Å². The molecule has 3 N–H and O–H groups in total. The molecule has 3 atom stereocenters. The van der Waals surface area contributed by atoms with Gasteiger partial charge in [0, 0.05) is 13.0 Å². The van der Waals surface area contributed by atoms with Crippen LogP contribution in [0.5, 0.6) is 0 Å². The highest BCUT2D eigenvalue weighted by Gasteiger charge is 2.16. The summed E-state index contributed by atoms with van der Waals surface area (Å²) in [5.74, 6) is -0.737. The van der Waals surface area contributed by atoms with Crippen molar-refractivity contribution < 1.29 is 24.9 Å². The second kappa shape index (κ2) is 16.6. The summed E-state index contributed by atoms with van der Waals surface area (Å²) in [4.78, 5) is 10.4. The van der Waals surface area contributed by atoms with Gasteiger partial charge in [-0.05, 0) is 26.2 Å². The molecule has 0 heterocycles. The second-order valence-electron chi connectivity index (χ2n) is 6.64. The number of unbranched alkanes of at least 4 members (excludes halogenated alkanes) is 6. The van der Waals surface area contributed by atoms with Gasteiger partial charge in [-0.2, -0.15) is 0 Å². The molecule has 0 amide bonds. The Morgan fingerprint density at radius 3 is 2.20 bits per heavy atom. The van der Waals surface area contributed by atoms with E-state index in [1.165, 1.54) is 0 Å². The summed E-state index contributed by atoms with van der Waals surface area (Å²) in [6, 6.07) is 0. The molecule has 0 aromatic rings. The van der Waals surface area contributed by atoms with Crippen molar-refractivity contribution in [2.45, 2.75) is 103 Å². The Kier molecular flexibility index (Phi) is 16.0. The lowest BCUT2D eigenvalue weighted by atomic mass is 10.0. The van der Waals surface area contributed by atoms with Crippen LogP contribution in [0.3, 0.4) is 0 Å². The average molecular weight is 359 g/mol. The van der Waals surface area contributed by atoms with E-state index < -0.39 is 18.2 Å². The van der Waals surface area contributed by atoms with Gasteiger partial charge in [-0.25, -0.2) is 0 Å². The molecule has 3 unspecified atom stereocenters. The van der Waals surface area contributed by atoms with Gasteiger partial charge >= 0.3 is 5.97 Å². The van der Waals surface area contributed by atoms with Gasteiger partial charge in [-0.1, -0.05) is 64.0 Å². The normalized spacial score (nSPS) is 15.4. The lowest BCUT2D eigenvalue weighted by molar-refractivity contribution is -0.137. The minimum atomic E-state index is -0.737. The minimum Gasteiger partial charge on any atom is -0.481 e. The first-order valence-corrected chi connectivity index (χ1v) is 9.89. The third-order valence-corrected chi connectivity index (χ3v) is 4.26. The van der Waals surface area contributed by atoms with E-state index in [0.29, 0.717) is 13.0 Å². The van der Waals surface area contributed by atoms with Crippen LogP contribution in [0.2, 0.25) is 0 Å². The van der Waals surface area contributed by atoms with Crippen molar-refractivity contribution in [3.63, 3.8) is 0 Å². The molecule has 5 heteroatoms. The van der Waals surface area contributed by atoms with Crippen LogP contribution in [0.15, 0.2) is 12.2 Å². The van der Waals surface area contributed by atoms with Crippen LogP contribution in [-0.2, 0) is 9.53 Å². The molecule has 5 nitrogen and oxygen atoms in total. The maximum absolute atomic E-state index is 10.4. The standard InChI is InChI=1S/C20H38O5/c1-3-5-9-12-17(21)15-16-19(25-4-2)18(22)13-10-7-6-8-11-14-20(23)24/h15-19,21-22H,3-14H2,1-2H3,(H,23,24)/b16-15+. The highest BCUT2D eigenvalue weighted by atomic mass is 16.5. The quantitative estimate of drug-likeness (QED) is 0.269. The number of rotatable bonds is 17. The van der Waals surface area contributed by atoms with Crippen molar-refractivity contribution in [1.82, 2.24) is 0 Å². The predicted octanol–water partition coefficient (Wildman–Crippen LogP) is 4.07. The summed E-state index contributed by atoms with van der Waals surface area (Å²) < 4.78 is 5.59. The van der Waals surface area contributed by atoms with Crippen LogP contribution in [0.4, 0.5) is 0 Å². The molecule has 25 heavy (non-hydrogen) atoms. The second-order valence-corrected chi connectivity index (χ2v) is 6.64. The molecular formula is C20H38O5. The van der Waals surface area contributed by atoms with Gasteiger partial charge < -0.3 is 20.1 Å². The lowest BCUT2D eigenvalue weighted by Crippen LogP contribution is -2.27. The van der Waals surface area contributed by atoms with E-state index in [-0.39, 0.29) is 12.5 Å². The van der Waals surface area contributed by atoms with Crippen LogP contribution in [0.25, 0.3) is 0 Å². The van der Waals surface area contributed by atoms with E-state index in [1.807, 2.05) is 6.92 Å². The van der Waals surface area contributed by atoms with E-state index in [4.69, 9.17) is 9.84 Å². The predicted molar refractivity (Wildman–Crippen MR) is 101 cm³/mol. The summed E-state index contributed by atoms with van der Waals surface area (Å²) >= 11 is 0. The largest absolute Gasteiger partial charge is 0.481 e. The summed E-state index contributed by atoms with van der Waals surface area (Å²) in [7, 11) is 0. The average Bonchev–Trinajstić information content (AvgIpc) is 2.57. The Labute approximate surface area is 153 Å². The van der Waals surface area contributed by atoms with Crippen molar-refractivity contribution in [2.24, 2.45) is 0 Å². The van der Waals surface area contributed by atoms with Gasteiger partial charge in [0.25, 0.3) is 0 Å². The Bertz CT molecular complexity index is 343. The fourth-order valence-corrected chi connectivity index (χ4v) is 2.75. The molecule has 0 radical (unpaired) electrons. The van der Waals surface area contributed by atoms with Gasteiger partial charge in [-0.15, -0.1) is 0 Å². The Balaban J connectivity index is 4.01. The molecule has 0 spiro atoms. The number of hydrogen-bond donors (Lipinski definition) is 3. The van der Waals surface area contributed by atoms with E-state index in [2.05, 4.69) is 6.92 Å². The molecule has 0 saturated heterocycles. The maximum atomic E-state index is 10.4. The molecule has 0 aliphatic carbocycles. The van der Waals surface area contributed by atoms with Crippen LogP contribution >= 0.6 is 0 Å². The first-order chi connectivity index (χ1) is 12.0. The highest BCUT2D eigenvalue weighted by Crippen LogP contribution is 2.14. The molecule has 0 rings (SSSR count). The Morgan fingerprint density at radius 1 is 0.920 bits per heavy atom. The number of carboxylic acid groups (broad SMARTS) is 1. The third kappa shape index (κ3) is 15.1. The summed E-state index contributed by atoms with van der Waals surface area (Å²) in [5, 5.41) is 28.8. The first-order valence-electron chi connectivity index (χ1n) is 9.89. The zero-order valence-corrected chi connectivity index (χ0v) is 16.0. The van der Waals surface area contributed by atoms with Crippen molar-refractivity contribution >= 4 is 5.97 Å². The van der Waals surface area contributed by atoms with Crippen LogP contribution in [0.1, 0.15) is 84.5 Å². The van der Waals surface area contributed by atoms with Gasteiger partial charge in [0.1, 0.15) is 6.10 Å². The summed E-state index contributed by atoms with van der Waals surface area (Å²) in [5.41, 5.74) is 0. The van der Waals surface area contributed by atoms with E-state index in [1.54, 1.807) is 12.2 Å². The van der Waals surface area contributed by atoms with Gasteiger partial charge in [0.05, 0.1) is 12.2 Å². The van der Waals surface area contributed by atoms with Gasteiger partial charge in [-0.3, -0.25) is 4.79 Å². The Morgan fingerprint density at radius 2 is 1.56 bits per heavy atom. The van der Waals surface area contributed by atoms with E-state index in [0.717, 1.165) is 57.8 Å². The molecule has 0 bridgehead atoms. The van der Waals surface area contributed by atoms with Crippen molar-refractivity contribution in [3.8, 4) is 0 Å². The maximum Gasteiger partial charge on any atom is 0.303 e. The number of aliphatic hydroxyl groups is 2. The number of aliphatic hydroxyl groups excluding tert-OH is 2. The fraction of sp³-hybridized carbons (Fsp3) is 0.850. The smallest absolute Gasteiger partial charge is 0.303 e. The number of hydrogen-bond acceptors (Lipinski definition) is 4. The topological polar surface area (TPSA) is 87.0 Å². The van der Waals surface area contributed by atoms with Crippen molar-refractivity contribution in [1.29, 1.82) is 0 Å². The van der Waals surface area contributed by atoms with Gasteiger partial charge in [0.15, 0.2) is 0 Å².